The van der Waals surface area contributed by atoms with Crippen LogP contribution in [0.2, 0.25) is 0 Å². The molecule has 0 radical (unpaired) electrons. The highest BCUT2D eigenvalue weighted by Gasteiger charge is 2.44. The fraction of sp³-hybridized carbons (Fsp3) is 0.217. The van der Waals surface area contributed by atoms with E-state index in [2.05, 4.69) is 23.8 Å². The number of halogens is 6. The van der Waals surface area contributed by atoms with Gasteiger partial charge in [0.25, 0.3) is 0 Å². The quantitative estimate of drug-likeness (QED) is 0.445. The summed E-state index contributed by atoms with van der Waals surface area (Å²) in [5.41, 5.74) is 7.32. The predicted molar refractivity (Wildman–Crippen MR) is 108 cm³/mol. The molecule has 3 aromatic carbocycles. The minimum atomic E-state index is -4.79. The summed E-state index contributed by atoms with van der Waals surface area (Å²) in [4.78, 5) is 0. The van der Waals surface area contributed by atoms with Crippen molar-refractivity contribution in [2.24, 2.45) is 5.73 Å². The minimum absolute atomic E-state index is 0.0456. The van der Waals surface area contributed by atoms with E-state index in [9.17, 15) is 26.3 Å². The first-order chi connectivity index (χ1) is 15.0. The van der Waals surface area contributed by atoms with Crippen LogP contribution in [-0.2, 0) is 0 Å². The van der Waals surface area contributed by atoms with E-state index in [-0.39, 0.29) is 16.9 Å². The Morgan fingerprint density at radius 3 is 2.03 bits per heavy atom. The Morgan fingerprint density at radius 1 is 0.875 bits per heavy atom. The van der Waals surface area contributed by atoms with Crippen LogP contribution in [0.4, 0.5) is 26.3 Å². The van der Waals surface area contributed by atoms with Crippen molar-refractivity contribution in [1.29, 1.82) is 0 Å². The van der Waals surface area contributed by atoms with Crippen LogP contribution in [0.25, 0.3) is 0 Å². The molecule has 32 heavy (non-hydrogen) atoms. The van der Waals surface area contributed by atoms with Crippen molar-refractivity contribution in [3.8, 4) is 11.5 Å². The summed E-state index contributed by atoms with van der Waals surface area (Å²) in [6.45, 7) is 2.08. The van der Waals surface area contributed by atoms with Gasteiger partial charge in [-0.1, -0.05) is 42.0 Å². The topological polar surface area (TPSA) is 44.5 Å². The Labute approximate surface area is 181 Å². The molecule has 9 heteroatoms. The first-order valence-electron chi connectivity index (χ1n) is 9.29. The highest BCUT2D eigenvalue weighted by molar-refractivity contribution is 5.39. The third-order valence-corrected chi connectivity index (χ3v) is 4.24. The zero-order valence-corrected chi connectivity index (χ0v) is 17.2. The second-order valence-electron chi connectivity index (χ2n) is 6.71. The Bertz CT molecular complexity index is 1010. The van der Waals surface area contributed by atoms with Gasteiger partial charge < -0.3 is 15.2 Å². The summed E-state index contributed by atoms with van der Waals surface area (Å²) in [5.74, 6) is -2.63. The van der Waals surface area contributed by atoms with Crippen LogP contribution in [0, 0.1) is 18.6 Å². The molecule has 1 unspecified atom stereocenters. The van der Waals surface area contributed by atoms with Gasteiger partial charge in [-0.2, -0.15) is 17.6 Å². The molecule has 0 aliphatic carbocycles. The lowest BCUT2D eigenvalue weighted by Crippen LogP contribution is -2.33. The van der Waals surface area contributed by atoms with Crippen molar-refractivity contribution < 1.29 is 35.8 Å². The molecule has 0 aliphatic heterocycles. The second-order valence-corrected chi connectivity index (χ2v) is 6.71. The maximum atomic E-state index is 13.7. The third-order valence-electron chi connectivity index (χ3n) is 4.24. The average Bonchev–Trinajstić information content (AvgIpc) is 2.73. The van der Waals surface area contributed by atoms with Crippen LogP contribution >= 0.6 is 0 Å². The number of nitrogens with two attached hydrogens (primary N) is 1. The zero-order valence-electron chi connectivity index (χ0n) is 17.2. The van der Waals surface area contributed by atoms with E-state index in [0.29, 0.717) is 6.07 Å². The average molecular weight is 457 g/mol. The smallest absolute Gasteiger partial charge is 0.461 e. The molecule has 3 nitrogen and oxygen atoms in total. The lowest BCUT2D eigenvalue weighted by molar-refractivity contribution is -0.253. The lowest BCUT2D eigenvalue weighted by Gasteiger charge is -2.19. The van der Waals surface area contributed by atoms with E-state index < -0.39 is 36.0 Å². The molecule has 1 atom stereocenters. The second kappa shape index (κ2) is 10.9. The first kappa shape index (κ1) is 25.1. The number of ether oxygens (including phenoxy) is 2. The highest BCUT2D eigenvalue weighted by Crippen LogP contribution is 2.31. The number of hydrogen-bond acceptors (Lipinski definition) is 3. The molecule has 0 amide bonds. The Hall–Kier alpha value is -3.20. The van der Waals surface area contributed by atoms with Crippen LogP contribution in [0.15, 0.2) is 66.7 Å². The molecule has 0 saturated carbocycles. The molecule has 172 valence electrons. The summed E-state index contributed by atoms with van der Waals surface area (Å²) in [6.07, 6.45) is -8.88. The third kappa shape index (κ3) is 6.91. The van der Waals surface area contributed by atoms with E-state index in [0.717, 1.165) is 18.2 Å². The van der Waals surface area contributed by atoms with E-state index in [1.807, 2.05) is 18.2 Å². The summed E-state index contributed by atoms with van der Waals surface area (Å²) < 4.78 is 86.3. The van der Waals surface area contributed by atoms with Crippen LogP contribution in [-0.4, -0.2) is 19.6 Å². The van der Waals surface area contributed by atoms with Gasteiger partial charge in [-0.05, 0) is 42.3 Å². The number of alkyl halides is 4. The largest absolute Gasteiger partial charge is 0.494 e. The van der Waals surface area contributed by atoms with Gasteiger partial charge in [0.2, 0.25) is 0 Å². The molecule has 0 bridgehead atoms. The van der Waals surface area contributed by atoms with Gasteiger partial charge in [0, 0.05) is 6.07 Å². The molecule has 0 fully saturated rings. The van der Waals surface area contributed by atoms with Gasteiger partial charge >= 0.3 is 12.5 Å². The molecule has 0 heterocycles. The van der Waals surface area contributed by atoms with E-state index in [1.54, 1.807) is 0 Å². The molecule has 0 aromatic heterocycles. The van der Waals surface area contributed by atoms with Gasteiger partial charge in [-0.25, -0.2) is 8.78 Å². The van der Waals surface area contributed by atoms with E-state index in [1.165, 1.54) is 24.8 Å². The molecule has 3 rings (SSSR count). The zero-order chi connectivity index (χ0) is 23.9. The normalized spacial score (nSPS) is 12.1. The Balaban J connectivity index is 0.000000439. The monoisotopic (exact) mass is 457 g/mol. The van der Waals surface area contributed by atoms with Crippen molar-refractivity contribution in [2.45, 2.75) is 25.5 Å². The first-order valence-corrected chi connectivity index (χ1v) is 9.29. The number of benzene rings is 3. The maximum absolute atomic E-state index is 13.7. The number of methoxy groups -OCH3 is 1. The van der Waals surface area contributed by atoms with E-state index in [4.69, 9.17) is 10.5 Å². The highest BCUT2D eigenvalue weighted by atomic mass is 19.3. The molecular formula is C23H21F6NO2. The lowest BCUT2D eigenvalue weighted by atomic mass is 9.99. The minimum Gasteiger partial charge on any atom is -0.494 e. The molecule has 0 saturated heterocycles. The fourth-order valence-electron chi connectivity index (χ4n) is 2.63. The van der Waals surface area contributed by atoms with Gasteiger partial charge in [0.15, 0.2) is 11.6 Å². The van der Waals surface area contributed by atoms with Crippen LogP contribution < -0.4 is 15.2 Å². The van der Waals surface area contributed by atoms with Crippen molar-refractivity contribution in [2.75, 3.05) is 7.11 Å². The molecule has 3 aromatic rings. The van der Waals surface area contributed by atoms with Crippen molar-refractivity contribution in [1.82, 2.24) is 0 Å². The van der Waals surface area contributed by atoms with Crippen LogP contribution in [0.1, 0.15) is 22.7 Å². The van der Waals surface area contributed by atoms with Gasteiger partial charge in [-0.3, -0.25) is 0 Å². The summed E-state index contributed by atoms with van der Waals surface area (Å²) in [6, 6.07) is 15.2. The standard InChI is InChI=1S/C16H13F6NO2.C7H8/c1-24-13-3-2-8(6-12(13)18)14(23)9-4-10(17)7-11(5-9)25-16(21,22)15(19)20;1-7-5-3-2-4-6-7/h2-7,14-15H,23H2,1H3;2-6H,1H3. The molecular weight excluding hydrogens is 436 g/mol. The van der Waals surface area contributed by atoms with Crippen molar-refractivity contribution in [3.05, 3.63) is 95.1 Å². The Morgan fingerprint density at radius 2 is 1.53 bits per heavy atom. The number of hydrogen-bond donors (Lipinski definition) is 1. The predicted octanol–water partition coefficient (Wildman–Crippen LogP) is 6.25. The SMILES string of the molecule is COc1ccc(C(N)c2cc(F)cc(OC(F)(F)C(F)F)c2)cc1F.Cc1ccccc1. The number of aryl methyl sites for hydroxylation is 1. The molecule has 0 aliphatic rings. The molecule has 0 spiro atoms. The fourth-order valence-corrected chi connectivity index (χ4v) is 2.63. The van der Waals surface area contributed by atoms with Crippen LogP contribution in [0.5, 0.6) is 11.5 Å². The van der Waals surface area contributed by atoms with Gasteiger partial charge in [0.1, 0.15) is 11.6 Å². The summed E-state index contributed by atoms with van der Waals surface area (Å²) in [5, 5.41) is 0. The molecule has 2 N–H and O–H groups in total. The summed E-state index contributed by atoms with van der Waals surface area (Å²) >= 11 is 0. The van der Waals surface area contributed by atoms with Crippen molar-refractivity contribution >= 4 is 0 Å². The summed E-state index contributed by atoms with van der Waals surface area (Å²) in [7, 11) is 1.26. The number of rotatable bonds is 6. The van der Waals surface area contributed by atoms with Gasteiger partial charge in [-0.15, -0.1) is 0 Å². The van der Waals surface area contributed by atoms with E-state index >= 15 is 0 Å². The van der Waals surface area contributed by atoms with Gasteiger partial charge in [0.05, 0.1) is 13.2 Å². The Kier molecular flexibility index (Phi) is 8.54. The van der Waals surface area contributed by atoms with Crippen molar-refractivity contribution in [3.63, 3.8) is 0 Å². The van der Waals surface area contributed by atoms with Crippen LogP contribution in [0.3, 0.4) is 0 Å². The maximum Gasteiger partial charge on any atom is 0.461 e.